The lowest BCUT2D eigenvalue weighted by molar-refractivity contribution is 0.101. The molecule has 0 spiro atoms. The number of nitrogens with one attached hydrogen (secondary N) is 1. The van der Waals surface area contributed by atoms with Crippen molar-refractivity contribution in [1.82, 2.24) is 5.32 Å². The summed E-state index contributed by atoms with van der Waals surface area (Å²) in [5.41, 5.74) is 4.81. The molecular weight excluding hydrogens is 442 g/mol. The Morgan fingerprint density at radius 2 is 1.59 bits per heavy atom. The third-order valence-corrected chi connectivity index (χ3v) is 11.7. The van der Waals surface area contributed by atoms with Gasteiger partial charge in [0.05, 0.1) is 12.3 Å². The molecule has 1 N–H and O–H groups in total. The fraction of sp³-hybridized carbons (Fsp3) is 0.393. The second kappa shape index (κ2) is 9.43. The highest BCUT2D eigenvalue weighted by molar-refractivity contribution is 6.74. The van der Waals surface area contributed by atoms with E-state index >= 15 is 0 Å². The van der Waals surface area contributed by atoms with E-state index in [-0.39, 0.29) is 23.6 Å². The monoisotopic (exact) mass is 477 g/mol. The molecule has 6 heteroatoms. The van der Waals surface area contributed by atoms with Gasteiger partial charge in [0.15, 0.2) is 8.32 Å². The molecule has 1 amide bonds. The molecule has 1 aliphatic carbocycles. The van der Waals surface area contributed by atoms with Crippen LogP contribution in [0.3, 0.4) is 0 Å². The van der Waals surface area contributed by atoms with E-state index in [0.717, 1.165) is 0 Å². The predicted molar refractivity (Wildman–Crippen MR) is 137 cm³/mol. The number of benzene rings is 2. The van der Waals surface area contributed by atoms with Gasteiger partial charge in [-0.05, 0) is 59.4 Å². The van der Waals surface area contributed by atoms with Crippen molar-refractivity contribution in [2.24, 2.45) is 0 Å². The molecule has 0 saturated heterocycles. The number of alkyl carbamates (subject to hydrolysis) is 1. The topological polar surface area (TPSA) is 60.7 Å². The first-order chi connectivity index (χ1) is 16.1. The summed E-state index contributed by atoms with van der Waals surface area (Å²) in [6.07, 6.45) is 0.790. The van der Waals surface area contributed by atoms with Gasteiger partial charge in [-0.1, -0.05) is 69.3 Å². The van der Waals surface area contributed by atoms with Gasteiger partial charge in [0.1, 0.15) is 18.5 Å². The third-order valence-electron chi connectivity index (χ3n) is 7.19. The van der Waals surface area contributed by atoms with Crippen LogP contribution < -0.4 is 5.32 Å². The van der Waals surface area contributed by atoms with E-state index in [4.69, 9.17) is 13.6 Å². The number of amides is 1. The van der Waals surface area contributed by atoms with Crippen molar-refractivity contribution in [3.05, 3.63) is 83.8 Å². The number of hydrogen-bond acceptors (Lipinski definition) is 4. The van der Waals surface area contributed by atoms with E-state index in [1.165, 1.54) is 22.3 Å². The molecule has 0 fully saturated rings. The van der Waals surface area contributed by atoms with E-state index in [9.17, 15) is 4.79 Å². The lowest BCUT2D eigenvalue weighted by Gasteiger charge is -2.40. The number of carbonyl (C=O) groups is 1. The number of ether oxygens (including phenoxy) is 1. The maximum absolute atomic E-state index is 12.9. The molecule has 3 aromatic rings. The van der Waals surface area contributed by atoms with E-state index in [1.54, 1.807) is 6.26 Å². The average molecular weight is 478 g/mol. The van der Waals surface area contributed by atoms with Crippen LogP contribution in [0.15, 0.2) is 71.3 Å². The molecule has 2 atom stereocenters. The van der Waals surface area contributed by atoms with Crippen molar-refractivity contribution >= 4 is 14.4 Å². The number of rotatable bonds is 7. The van der Waals surface area contributed by atoms with Crippen molar-refractivity contribution in [2.45, 2.75) is 63.9 Å². The molecule has 0 saturated carbocycles. The Kier molecular flexibility index (Phi) is 6.74. The van der Waals surface area contributed by atoms with Gasteiger partial charge < -0.3 is 18.9 Å². The maximum atomic E-state index is 12.9. The lowest BCUT2D eigenvalue weighted by Crippen LogP contribution is -2.47. The molecule has 1 heterocycles. The van der Waals surface area contributed by atoms with Gasteiger partial charge in [-0.25, -0.2) is 4.79 Å². The van der Waals surface area contributed by atoms with E-state index in [1.807, 2.05) is 43.3 Å². The van der Waals surface area contributed by atoms with Crippen LogP contribution in [0.25, 0.3) is 11.1 Å². The highest BCUT2D eigenvalue weighted by atomic mass is 28.4. The van der Waals surface area contributed by atoms with Gasteiger partial charge in [0, 0.05) is 5.92 Å². The Hall–Kier alpha value is -2.83. The summed E-state index contributed by atoms with van der Waals surface area (Å²) < 4.78 is 18.1. The van der Waals surface area contributed by atoms with Gasteiger partial charge in [-0.2, -0.15) is 0 Å². The molecular formula is C28H35NO4Si. The van der Waals surface area contributed by atoms with E-state index < -0.39 is 20.5 Å². The van der Waals surface area contributed by atoms with E-state index in [2.05, 4.69) is 63.4 Å². The van der Waals surface area contributed by atoms with Gasteiger partial charge in [0.25, 0.3) is 0 Å². The largest absolute Gasteiger partial charge is 0.467 e. The van der Waals surface area contributed by atoms with Gasteiger partial charge in [0.2, 0.25) is 0 Å². The first-order valence-corrected chi connectivity index (χ1v) is 14.8. The quantitative estimate of drug-likeness (QED) is 0.364. The van der Waals surface area contributed by atoms with Crippen molar-refractivity contribution in [1.29, 1.82) is 0 Å². The first-order valence-electron chi connectivity index (χ1n) is 11.9. The number of fused-ring (bicyclic) bond motifs is 3. The number of furan rings is 1. The molecule has 0 radical (unpaired) electrons. The zero-order chi connectivity index (χ0) is 24.5. The van der Waals surface area contributed by atoms with Gasteiger partial charge in [-0.15, -0.1) is 0 Å². The van der Waals surface area contributed by atoms with Gasteiger partial charge >= 0.3 is 6.09 Å². The standard InChI is InChI=1S/C28H35NO4Si/c1-19(26(25-16-11-17-31-25)33-34(5,6)28(2,3)4)29-27(30)32-18-24-22-14-9-7-12-20(22)21-13-8-10-15-23(21)24/h7-17,19,24,26H,18H2,1-6H3,(H,29,30)/t19-,26-/m0/s1. The van der Waals surface area contributed by atoms with Gasteiger partial charge in [-0.3, -0.25) is 0 Å². The fourth-order valence-electron chi connectivity index (χ4n) is 4.26. The molecule has 5 nitrogen and oxygen atoms in total. The molecule has 0 aliphatic heterocycles. The molecule has 0 bridgehead atoms. The van der Waals surface area contributed by atoms with Crippen LogP contribution in [0, 0.1) is 0 Å². The van der Waals surface area contributed by atoms with Crippen LogP contribution in [-0.2, 0) is 9.16 Å². The van der Waals surface area contributed by atoms with Crippen LogP contribution in [0.2, 0.25) is 18.1 Å². The summed E-state index contributed by atoms with van der Waals surface area (Å²) in [5.74, 6) is 0.731. The van der Waals surface area contributed by atoms with Crippen LogP contribution in [0.5, 0.6) is 0 Å². The second-order valence-electron chi connectivity index (χ2n) is 10.6. The highest BCUT2D eigenvalue weighted by Gasteiger charge is 2.41. The zero-order valence-electron chi connectivity index (χ0n) is 20.9. The fourth-order valence-corrected chi connectivity index (χ4v) is 5.56. The van der Waals surface area contributed by atoms with Crippen LogP contribution in [-0.4, -0.2) is 27.1 Å². The molecule has 180 valence electrons. The molecule has 34 heavy (non-hydrogen) atoms. The smallest absolute Gasteiger partial charge is 0.407 e. The third kappa shape index (κ3) is 4.84. The minimum atomic E-state index is -2.11. The normalized spacial score (nSPS) is 15.4. The zero-order valence-corrected chi connectivity index (χ0v) is 21.9. The summed E-state index contributed by atoms with van der Waals surface area (Å²) in [5, 5.41) is 3.02. The minimum Gasteiger partial charge on any atom is -0.467 e. The molecule has 1 aliphatic rings. The molecule has 0 unspecified atom stereocenters. The Balaban J connectivity index is 1.45. The second-order valence-corrected chi connectivity index (χ2v) is 15.3. The van der Waals surface area contributed by atoms with Crippen LogP contribution in [0.1, 0.15) is 56.6 Å². The summed E-state index contributed by atoms with van der Waals surface area (Å²) in [4.78, 5) is 12.9. The van der Waals surface area contributed by atoms with Crippen molar-refractivity contribution in [2.75, 3.05) is 6.61 Å². The summed E-state index contributed by atoms with van der Waals surface area (Å²) in [6, 6.07) is 20.1. The van der Waals surface area contributed by atoms with Crippen molar-refractivity contribution in [3.8, 4) is 11.1 Å². The summed E-state index contributed by atoms with van der Waals surface area (Å²) in [7, 11) is -2.11. The maximum Gasteiger partial charge on any atom is 0.407 e. The molecule has 4 rings (SSSR count). The summed E-state index contributed by atoms with van der Waals surface area (Å²) >= 11 is 0. The lowest BCUT2D eigenvalue weighted by atomic mass is 9.98. The van der Waals surface area contributed by atoms with Crippen LogP contribution >= 0.6 is 0 Å². The van der Waals surface area contributed by atoms with Crippen molar-refractivity contribution in [3.63, 3.8) is 0 Å². The number of carbonyl (C=O) groups excluding carboxylic acids is 1. The first kappa shape index (κ1) is 24.3. The van der Waals surface area contributed by atoms with E-state index in [0.29, 0.717) is 5.76 Å². The predicted octanol–water partition coefficient (Wildman–Crippen LogP) is 7.27. The Labute approximate surface area is 203 Å². The number of hydrogen-bond donors (Lipinski definition) is 1. The minimum absolute atomic E-state index is 0.0257. The Morgan fingerprint density at radius 3 is 2.12 bits per heavy atom. The molecule has 2 aromatic carbocycles. The van der Waals surface area contributed by atoms with Crippen LogP contribution in [0.4, 0.5) is 4.79 Å². The van der Waals surface area contributed by atoms with Crippen molar-refractivity contribution < 1.29 is 18.4 Å². The average Bonchev–Trinajstić information content (AvgIpc) is 3.42. The Bertz CT molecular complexity index is 1090. The molecule has 1 aromatic heterocycles. The highest BCUT2D eigenvalue weighted by Crippen LogP contribution is 2.44. The SMILES string of the molecule is C[C@H](NC(=O)OCC1c2ccccc2-c2ccccc21)[C@H](O[Si](C)(C)C(C)(C)C)c1ccco1. The Morgan fingerprint density at radius 1 is 1.00 bits per heavy atom. The summed E-state index contributed by atoms with van der Waals surface area (Å²) in [6.45, 7) is 13.2.